The highest BCUT2D eigenvalue weighted by molar-refractivity contribution is 6.05. The highest BCUT2D eigenvalue weighted by atomic mass is 16.2. The smallest absolute Gasteiger partial charge is 0.249 e. The van der Waals surface area contributed by atoms with E-state index in [9.17, 15) is 4.79 Å². The van der Waals surface area contributed by atoms with Gasteiger partial charge >= 0.3 is 0 Å². The molecule has 0 radical (unpaired) electrons. The number of carbonyl (C=O) groups is 1. The second-order valence-electron chi connectivity index (χ2n) is 4.29. The van der Waals surface area contributed by atoms with Crippen molar-refractivity contribution in [3.8, 4) is 0 Å². The predicted octanol–water partition coefficient (Wildman–Crippen LogP) is 1.29. The van der Waals surface area contributed by atoms with Crippen molar-refractivity contribution in [1.29, 1.82) is 0 Å². The van der Waals surface area contributed by atoms with E-state index in [0.717, 1.165) is 16.9 Å². The van der Waals surface area contributed by atoms with Crippen LogP contribution < -0.4 is 16.4 Å². The zero-order valence-electron chi connectivity index (χ0n) is 8.92. The van der Waals surface area contributed by atoms with Gasteiger partial charge in [-0.15, -0.1) is 0 Å². The largest absolute Gasteiger partial charge is 0.370 e. The van der Waals surface area contributed by atoms with Gasteiger partial charge in [-0.1, -0.05) is 6.07 Å². The van der Waals surface area contributed by atoms with Crippen molar-refractivity contribution < 1.29 is 4.79 Å². The summed E-state index contributed by atoms with van der Waals surface area (Å²) in [5.41, 5.74) is 7.79. The zero-order chi connectivity index (χ0) is 11.1. The van der Waals surface area contributed by atoms with Gasteiger partial charge in [-0.25, -0.2) is 0 Å². The van der Waals surface area contributed by atoms with Gasteiger partial charge in [-0.05, 0) is 31.5 Å². The molecule has 0 unspecified atom stereocenters. The number of benzene rings is 1. The number of amides is 1. The van der Waals surface area contributed by atoms with Gasteiger partial charge in [0.05, 0.1) is 11.4 Å². The van der Waals surface area contributed by atoms with E-state index in [-0.39, 0.29) is 5.91 Å². The summed E-state index contributed by atoms with van der Waals surface area (Å²) < 4.78 is 0. The standard InChI is InChI=1S/C11H15N3O/c1-11(2)10(15)13-8-4-3-7(6-12)5-9(8)14-11/h3-5,14H,6,12H2,1-2H3,(H,13,15). The topological polar surface area (TPSA) is 67.2 Å². The number of hydrogen-bond acceptors (Lipinski definition) is 3. The molecule has 0 aliphatic carbocycles. The van der Waals surface area contributed by atoms with Crippen molar-refractivity contribution in [2.75, 3.05) is 10.6 Å². The van der Waals surface area contributed by atoms with E-state index in [1.54, 1.807) is 0 Å². The van der Waals surface area contributed by atoms with E-state index in [2.05, 4.69) is 10.6 Å². The summed E-state index contributed by atoms with van der Waals surface area (Å²) in [4.78, 5) is 11.6. The minimum atomic E-state index is -0.569. The summed E-state index contributed by atoms with van der Waals surface area (Å²) in [6, 6.07) is 5.76. The minimum Gasteiger partial charge on any atom is -0.370 e. The van der Waals surface area contributed by atoms with Crippen molar-refractivity contribution in [3.63, 3.8) is 0 Å². The molecule has 1 heterocycles. The fourth-order valence-corrected chi connectivity index (χ4v) is 1.60. The summed E-state index contributed by atoms with van der Waals surface area (Å²) in [6.07, 6.45) is 0. The normalized spacial score (nSPS) is 17.7. The molecule has 0 fully saturated rings. The Labute approximate surface area is 88.9 Å². The number of nitrogens with one attached hydrogen (secondary N) is 2. The lowest BCUT2D eigenvalue weighted by Crippen LogP contribution is -2.47. The molecule has 1 aliphatic rings. The van der Waals surface area contributed by atoms with Crippen LogP contribution in [0.25, 0.3) is 0 Å². The number of carbonyl (C=O) groups excluding carboxylic acids is 1. The Bertz CT molecular complexity index is 412. The monoisotopic (exact) mass is 205 g/mol. The first-order chi connectivity index (χ1) is 7.03. The highest BCUT2D eigenvalue weighted by Crippen LogP contribution is 2.31. The van der Waals surface area contributed by atoms with Crippen LogP contribution in [0.3, 0.4) is 0 Å². The molecular weight excluding hydrogens is 190 g/mol. The van der Waals surface area contributed by atoms with Crippen molar-refractivity contribution in [2.45, 2.75) is 25.9 Å². The van der Waals surface area contributed by atoms with Crippen LogP contribution in [0.1, 0.15) is 19.4 Å². The molecule has 2 rings (SSSR count). The van der Waals surface area contributed by atoms with E-state index in [1.807, 2.05) is 32.0 Å². The third-order valence-electron chi connectivity index (χ3n) is 2.58. The highest BCUT2D eigenvalue weighted by Gasteiger charge is 2.32. The Kier molecular flexibility index (Phi) is 2.16. The second-order valence-corrected chi connectivity index (χ2v) is 4.29. The lowest BCUT2D eigenvalue weighted by atomic mass is 9.99. The first-order valence-electron chi connectivity index (χ1n) is 4.95. The summed E-state index contributed by atoms with van der Waals surface area (Å²) in [6.45, 7) is 4.20. The molecule has 1 amide bonds. The van der Waals surface area contributed by atoms with Crippen LogP contribution in [-0.2, 0) is 11.3 Å². The maximum absolute atomic E-state index is 11.6. The van der Waals surface area contributed by atoms with E-state index < -0.39 is 5.54 Å². The molecule has 4 heteroatoms. The fourth-order valence-electron chi connectivity index (χ4n) is 1.60. The Morgan fingerprint density at radius 3 is 2.73 bits per heavy atom. The SMILES string of the molecule is CC1(C)Nc2cc(CN)ccc2NC1=O. The van der Waals surface area contributed by atoms with Crippen LogP contribution in [-0.4, -0.2) is 11.4 Å². The van der Waals surface area contributed by atoms with Crippen LogP contribution in [0, 0.1) is 0 Å². The van der Waals surface area contributed by atoms with Crippen molar-refractivity contribution >= 4 is 17.3 Å². The number of hydrogen-bond donors (Lipinski definition) is 3. The van der Waals surface area contributed by atoms with Crippen LogP contribution in [0.15, 0.2) is 18.2 Å². The lowest BCUT2D eigenvalue weighted by molar-refractivity contribution is -0.119. The number of fused-ring (bicyclic) bond motifs is 1. The molecule has 0 atom stereocenters. The van der Waals surface area contributed by atoms with Gasteiger partial charge in [0.25, 0.3) is 0 Å². The number of nitrogens with two attached hydrogens (primary N) is 1. The van der Waals surface area contributed by atoms with Gasteiger partial charge in [-0.2, -0.15) is 0 Å². The molecule has 15 heavy (non-hydrogen) atoms. The van der Waals surface area contributed by atoms with Crippen LogP contribution >= 0.6 is 0 Å². The summed E-state index contributed by atoms with van der Waals surface area (Å²) in [5.74, 6) is -0.0181. The molecule has 1 aromatic carbocycles. The molecule has 0 saturated heterocycles. The molecule has 4 nitrogen and oxygen atoms in total. The molecule has 1 aromatic rings. The molecule has 0 bridgehead atoms. The molecule has 0 aromatic heterocycles. The van der Waals surface area contributed by atoms with Crippen molar-refractivity contribution in [3.05, 3.63) is 23.8 Å². The Morgan fingerprint density at radius 2 is 2.07 bits per heavy atom. The Hall–Kier alpha value is -1.55. The van der Waals surface area contributed by atoms with Gasteiger partial charge < -0.3 is 16.4 Å². The predicted molar refractivity (Wildman–Crippen MR) is 60.7 cm³/mol. The van der Waals surface area contributed by atoms with Gasteiger partial charge in [-0.3, -0.25) is 4.79 Å². The second kappa shape index (κ2) is 3.24. The third-order valence-corrected chi connectivity index (χ3v) is 2.58. The zero-order valence-corrected chi connectivity index (χ0v) is 8.92. The van der Waals surface area contributed by atoms with Gasteiger partial charge in [0.1, 0.15) is 5.54 Å². The van der Waals surface area contributed by atoms with Gasteiger partial charge in [0, 0.05) is 6.54 Å². The molecule has 0 saturated carbocycles. The van der Waals surface area contributed by atoms with Crippen LogP contribution in [0.4, 0.5) is 11.4 Å². The average Bonchev–Trinajstić information content (AvgIpc) is 2.18. The fraction of sp³-hybridized carbons (Fsp3) is 0.364. The Morgan fingerprint density at radius 1 is 1.33 bits per heavy atom. The molecular formula is C11H15N3O. The number of rotatable bonds is 1. The van der Waals surface area contributed by atoms with Crippen molar-refractivity contribution in [2.24, 2.45) is 5.73 Å². The van der Waals surface area contributed by atoms with Gasteiger partial charge in [0.2, 0.25) is 5.91 Å². The number of anilines is 2. The summed E-state index contributed by atoms with van der Waals surface area (Å²) in [5, 5.41) is 6.05. The average molecular weight is 205 g/mol. The quantitative estimate of drug-likeness (QED) is 0.647. The molecule has 1 aliphatic heterocycles. The molecule has 80 valence electrons. The minimum absolute atomic E-state index is 0.0181. The Balaban J connectivity index is 2.42. The van der Waals surface area contributed by atoms with E-state index >= 15 is 0 Å². The van der Waals surface area contributed by atoms with E-state index in [4.69, 9.17) is 5.73 Å². The van der Waals surface area contributed by atoms with E-state index in [1.165, 1.54) is 0 Å². The maximum atomic E-state index is 11.6. The summed E-state index contributed by atoms with van der Waals surface area (Å²) >= 11 is 0. The lowest BCUT2D eigenvalue weighted by Gasteiger charge is -2.32. The van der Waals surface area contributed by atoms with E-state index in [0.29, 0.717) is 6.54 Å². The van der Waals surface area contributed by atoms with Crippen molar-refractivity contribution in [1.82, 2.24) is 0 Å². The molecule has 4 N–H and O–H groups in total. The molecule has 0 spiro atoms. The first-order valence-corrected chi connectivity index (χ1v) is 4.95. The first kappa shape index (κ1) is 9.98. The third kappa shape index (κ3) is 1.68. The maximum Gasteiger partial charge on any atom is 0.249 e. The van der Waals surface area contributed by atoms with Crippen LogP contribution in [0.2, 0.25) is 0 Å². The van der Waals surface area contributed by atoms with Crippen LogP contribution in [0.5, 0.6) is 0 Å². The van der Waals surface area contributed by atoms with Gasteiger partial charge in [0.15, 0.2) is 0 Å². The summed E-state index contributed by atoms with van der Waals surface area (Å²) in [7, 11) is 0.